The fourth-order valence-corrected chi connectivity index (χ4v) is 6.08. The van der Waals surface area contributed by atoms with Gasteiger partial charge in [-0.2, -0.15) is 0 Å². The van der Waals surface area contributed by atoms with Crippen LogP contribution in [0.5, 0.6) is 5.75 Å². The first kappa shape index (κ1) is 28.5. The van der Waals surface area contributed by atoms with Crippen molar-refractivity contribution in [1.29, 1.82) is 0 Å². The Bertz CT molecular complexity index is 1970. The van der Waals surface area contributed by atoms with E-state index in [0.29, 0.717) is 22.6 Å². The number of amides is 1. The van der Waals surface area contributed by atoms with Gasteiger partial charge in [0.15, 0.2) is 21.5 Å². The van der Waals surface area contributed by atoms with Crippen LogP contribution < -0.4 is 4.74 Å². The van der Waals surface area contributed by atoms with E-state index in [2.05, 4.69) is 9.97 Å². The highest BCUT2D eigenvalue weighted by molar-refractivity contribution is 7.90. The minimum absolute atomic E-state index is 0.0619. The number of carbonyl (C=O) groups is 1. The number of nitrogens with one attached hydrogen (secondary N) is 1. The summed E-state index contributed by atoms with van der Waals surface area (Å²) in [6.07, 6.45) is 1.09. The van der Waals surface area contributed by atoms with Gasteiger partial charge in [-0.25, -0.2) is 26.6 Å². The molecule has 11 heteroatoms. The van der Waals surface area contributed by atoms with E-state index in [0.717, 1.165) is 46.7 Å². The lowest BCUT2D eigenvalue weighted by Crippen LogP contribution is -2.33. The van der Waals surface area contributed by atoms with Gasteiger partial charge in [0, 0.05) is 47.2 Å². The molecular formula is C32H26F3N3O4S. The summed E-state index contributed by atoms with van der Waals surface area (Å²) in [7, 11) is -3.79. The fourth-order valence-electron chi connectivity index (χ4n) is 5.31. The molecule has 0 atom stereocenters. The quantitative estimate of drug-likeness (QED) is 0.253. The summed E-state index contributed by atoms with van der Waals surface area (Å²) in [6.45, 7) is 2.39. The molecule has 1 N–H and O–H groups in total. The van der Waals surface area contributed by atoms with E-state index < -0.39 is 38.1 Å². The monoisotopic (exact) mass is 605 g/mol. The van der Waals surface area contributed by atoms with Crippen LogP contribution in [0.4, 0.5) is 13.2 Å². The van der Waals surface area contributed by atoms with Gasteiger partial charge in [-0.15, -0.1) is 0 Å². The van der Waals surface area contributed by atoms with Crippen molar-refractivity contribution >= 4 is 26.8 Å². The van der Waals surface area contributed by atoms with E-state index in [9.17, 15) is 22.0 Å². The van der Waals surface area contributed by atoms with Crippen molar-refractivity contribution in [2.75, 3.05) is 19.4 Å². The Morgan fingerprint density at radius 2 is 1.65 bits per heavy atom. The Labute approximate surface area is 245 Å². The highest BCUT2D eigenvalue weighted by atomic mass is 32.2. The van der Waals surface area contributed by atoms with Gasteiger partial charge < -0.3 is 14.6 Å². The molecule has 0 saturated heterocycles. The van der Waals surface area contributed by atoms with Crippen LogP contribution in [-0.2, 0) is 22.8 Å². The molecule has 4 aromatic carbocycles. The Morgan fingerprint density at radius 3 is 2.37 bits per heavy atom. The molecule has 220 valence electrons. The average Bonchev–Trinajstić information content (AvgIpc) is 3.25. The van der Waals surface area contributed by atoms with E-state index >= 15 is 4.39 Å². The number of H-pyrrole nitrogens is 1. The number of halogens is 3. The fraction of sp³-hybridized carbons (Fsp3) is 0.188. The number of carbonyl (C=O) groups excluding carboxylic acids is 1. The van der Waals surface area contributed by atoms with Gasteiger partial charge in [0.2, 0.25) is 0 Å². The largest absolute Gasteiger partial charge is 0.491 e. The minimum atomic E-state index is -3.79. The standard InChI is InChI=1S/C32H26F3N3O4S/c1-3-22-23(9-11-29(30(22)35)43(2,40)41)32(39)38-12-13-42-28-10-8-20(14-21(28)17-38)18-4-6-19(7-5-18)31-36-26-15-24(33)25(34)16-27(26)37-31/h4-11,14-16H,3,12-13,17H2,1-2H3,(H,36,37). The molecular weight excluding hydrogens is 579 g/mol. The smallest absolute Gasteiger partial charge is 0.254 e. The second-order valence-corrected chi connectivity index (χ2v) is 12.4. The zero-order valence-corrected chi connectivity index (χ0v) is 24.1. The third-order valence-corrected chi connectivity index (χ3v) is 8.65. The highest BCUT2D eigenvalue weighted by Crippen LogP contribution is 2.32. The number of sulfone groups is 1. The lowest BCUT2D eigenvalue weighted by molar-refractivity contribution is 0.0731. The van der Waals surface area contributed by atoms with Crippen LogP contribution in [0.25, 0.3) is 33.5 Å². The van der Waals surface area contributed by atoms with E-state index in [4.69, 9.17) is 4.74 Å². The number of benzene rings is 4. The van der Waals surface area contributed by atoms with Crippen LogP contribution in [0.2, 0.25) is 0 Å². The molecule has 1 aliphatic rings. The molecule has 6 rings (SSSR count). The molecule has 1 aromatic heterocycles. The number of aromatic nitrogens is 2. The van der Waals surface area contributed by atoms with Gasteiger partial charge in [-0.05, 0) is 41.8 Å². The zero-order chi connectivity index (χ0) is 30.5. The Hall–Kier alpha value is -4.64. The normalized spacial score (nSPS) is 13.5. The maximum absolute atomic E-state index is 15.1. The molecule has 0 fully saturated rings. The number of imidazole rings is 1. The molecule has 0 radical (unpaired) electrons. The predicted molar refractivity (Wildman–Crippen MR) is 156 cm³/mol. The van der Waals surface area contributed by atoms with E-state index in [1.165, 1.54) is 6.07 Å². The summed E-state index contributed by atoms with van der Waals surface area (Å²) in [5.41, 5.74) is 4.15. The Kier molecular flexibility index (Phi) is 7.21. The number of hydrogen-bond donors (Lipinski definition) is 1. The summed E-state index contributed by atoms with van der Waals surface area (Å²) < 4.78 is 72.3. The second-order valence-electron chi connectivity index (χ2n) is 10.4. The lowest BCUT2D eigenvalue weighted by Gasteiger charge is -2.22. The summed E-state index contributed by atoms with van der Waals surface area (Å²) >= 11 is 0. The van der Waals surface area contributed by atoms with Crippen LogP contribution in [-0.4, -0.2) is 48.6 Å². The summed E-state index contributed by atoms with van der Waals surface area (Å²) in [5.74, 6) is -2.11. The van der Waals surface area contributed by atoms with Gasteiger partial charge in [0.25, 0.3) is 5.91 Å². The summed E-state index contributed by atoms with van der Waals surface area (Å²) in [6, 6.07) is 17.8. The van der Waals surface area contributed by atoms with Crippen LogP contribution in [0, 0.1) is 17.5 Å². The maximum Gasteiger partial charge on any atom is 0.254 e. The van der Waals surface area contributed by atoms with Crippen LogP contribution >= 0.6 is 0 Å². The van der Waals surface area contributed by atoms with Crippen molar-refractivity contribution in [2.45, 2.75) is 24.8 Å². The highest BCUT2D eigenvalue weighted by Gasteiger charge is 2.27. The van der Waals surface area contributed by atoms with E-state index in [-0.39, 0.29) is 37.2 Å². The molecule has 43 heavy (non-hydrogen) atoms. The van der Waals surface area contributed by atoms with Gasteiger partial charge in [0.05, 0.1) is 17.6 Å². The lowest BCUT2D eigenvalue weighted by atomic mass is 10.00. The third kappa shape index (κ3) is 5.36. The van der Waals surface area contributed by atoms with Crippen LogP contribution in [0.3, 0.4) is 0 Å². The Morgan fingerprint density at radius 1 is 0.953 bits per heavy atom. The van der Waals surface area contributed by atoms with Crippen molar-refractivity contribution in [3.05, 3.63) is 101 Å². The van der Waals surface area contributed by atoms with Crippen LogP contribution in [0.15, 0.2) is 71.6 Å². The first-order valence-electron chi connectivity index (χ1n) is 13.6. The number of rotatable bonds is 5. The third-order valence-electron chi connectivity index (χ3n) is 7.53. The van der Waals surface area contributed by atoms with E-state index in [1.54, 1.807) is 11.8 Å². The van der Waals surface area contributed by atoms with Crippen molar-refractivity contribution in [2.24, 2.45) is 0 Å². The van der Waals surface area contributed by atoms with Crippen LogP contribution in [0.1, 0.15) is 28.4 Å². The SMILES string of the molecule is CCc1c(C(=O)N2CCOc3ccc(-c4ccc(-c5nc6cc(F)c(F)cc6[nH]5)cc4)cc3C2)ccc(S(C)(=O)=O)c1F. The Balaban J connectivity index is 1.27. The molecule has 1 amide bonds. The first-order valence-corrected chi connectivity index (χ1v) is 15.4. The van der Waals surface area contributed by atoms with Crippen molar-refractivity contribution in [1.82, 2.24) is 14.9 Å². The summed E-state index contributed by atoms with van der Waals surface area (Å²) in [4.78, 5) is 22.1. The van der Waals surface area contributed by atoms with Gasteiger partial charge >= 0.3 is 0 Å². The maximum atomic E-state index is 15.1. The van der Waals surface area contributed by atoms with Gasteiger partial charge in [-0.1, -0.05) is 37.3 Å². The molecule has 2 heterocycles. The van der Waals surface area contributed by atoms with Crippen molar-refractivity contribution in [3.63, 3.8) is 0 Å². The molecule has 7 nitrogen and oxygen atoms in total. The molecule has 0 spiro atoms. The molecule has 5 aromatic rings. The average molecular weight is 606 g/mol. The predicted octanol–water partition coefficient (Wildman–Crippen LogP) is 6.31. The number of hydrogen-bond acceptors (Lipinski definition) is 5. The zero-order valence-electron chi connectivity index (χ0n) is 23.2. The molecule has 0 bridgehead atoms. The van der Waals surface area contributed by atoms with Gasteiger partial charge in [-0.3, -0.25) is 4.79 Å². The number of aromatic amines is 1. The topological polar surface area (TPSA) is 92.4 Å². The number of fused-ring (bicyclic) bond motifs is 2. The van der Waals surface area contributed by atoms with Crippen molar-refractivity contribution < 1.29 is 31.1 Å². The minimum Gasteiger partial charge on any atom is -0.491 e. The van der Waals surface area contributed by atoms with Crippen molar-refractivity contribution in [3.8, 4) is 28.3 Å². The second kappa shape index (κ2) is 10.9. The first-order chi connectivity index (χ1) is 20.5. The molecule has 1 aliphatic heterocycles. The molecule has 0 aliphatic carbocycles. The van der Waals surface area contributed by atoms with Gasteiger partial charge in [0.1, 0.15) is 28.9 Å². The molecule has 0 unspecified atom stereocenters. The number of ether oxygens (including phenoxy) is 1. The molecule has 0 saturated carbocycles. The number of nitrogens with zero attached hydrogens (tertiary/aromatic N) is 2. The summed E-state index contributed by atoms with van der Waals surface area (Å²) in [5, 5.41) is 0. The van der Waals surface area contributed by atoms with E-state index in [1.807, 2.05) is 42.5 Å².